The number of halogens is 1. The standard InChI is InChI=1S/C23H23ClN2O4S/c1-17-8-9-19(14-22(17)24)25-31(28,29)21-12-10-20(11-13-21)30-16-23(27)26(2)15-18-6-4-3-5-7-18/h3-14,25H,15-16H2,1-2H3. The van der Waals surface area contributed by atoms with Crippen LogP contribution in [0.5, 0.6) is 5.75 Å². The molecule has 3 aromatic rings. The fraction of sp³-hybridized carbons (Fsp3) is 0.174. The van der Waals surface area contributed by atoms with E-state index in [-0.39, 0.29) is 17.4 Å². The molecule has 3 rings (SSSR count). The molecule has 6 nitrogen and oxygen atoms in total. The van der Waals surface area contributed by atoms with Crippen LogP contribution in [-0.2, 0) is 21.4 Å². The first-order valence-electron chi connectivity index (χ1n) is 9.54. The molecule has 8 heteroatoms. The van der Waals surface area contributed by atoms with E-state index in [1.165, 1.54) is 24.3 Å². The predicted molar refractivity (Wildman–Crippen MR) is 122 cm³/mol. The number of nitrogens with zero attached hydrogens (tertiary/aromatic N) is 1. The van der Waals surface area contributed by atoms with E-state index in [1.807, 2.05) is 37.3 Å². The van der Waals surface area contributed by atoms with Crippen molar-refractivity contribution < 1.29 is 17.9 Å². The van der Waals surface area contributed by atoms with Crippen LogP contribution >= 0.6 is 11.6 Å². The van der Waals surface area contributed by atoms with Gasteiger partial charge in [-0.1, -0.05) is 48.0 Å². The van der Waals surface area contributed by atoms with Gasteiger partial charge in [0, 0.05) is 18.6 Å². The van der Waals surface area contributed by atoms with Crippen LogP contribution in [0.15, 0.2) is 77.7 Å². The summed E-state index contributed by atoms with van der Waals surface area (Å²) in [5.74, 6) is 0.220. The molecule has 0 saturated carbocycles. The van der Waals surface area contributed by atoms with Gasteiger partial charge in [0.25, 0.3) is 15.9 Å². The zero-order valence-electron chi connectivity index (χ0n) is 17.2. The number of amides is 1. The minimum atomic E-state index is -3.78. The largest absolute Gasteiger partial charge is 0.484 e. The fourth-order valence-corrected chi connectivity index (χ4v) is 4.02. The molecule has 0 heterocycles. The topological polar surface area (TPSA) is 75.7 Å². The lowest BCUT2D eigenvalue weighted by Crippen LogP contribution is -2.30. The zero-order chi connectivity index (χ0) is 22.4. The Morgan fingerprint density at radius 3 is 2.35 bits per heavy atom. The molecular formula is C23H23ClN2O4S. The number of ether oxygens (including phenoxy) is 1. The van der Waals surface area contributed by atoms with Crippen molar-refractivity contribution in [2.24, 2.45) is 0 Å². The van der Waals surface area contributed by atoms with Crippen LogP contribution in [0.3, 0.4) is 0 Å². The summed E-state index contributed by atoms with van der Waals surface area (Å²) in [5, 5.41) is 0.478. The van der Waals surface area contributed by atoms with Gasteiger partial charge in [-0.2, -0.15) is 0 Å². The number of carbonyl (C=O) groups excluding carboxylic acids is 1. The van der Waals surface area contributed by atoms with Crippen LogP contribution in [-0.4, -0.2) is 32.9 Å². The van der Waals surface area contributed by atoms with Crippen molar-refractivity contribution in [1.29, 1.82) is 0 Å². The minimum absolute atomic E-state index is 0.0732. The summed E-state index contributed by atoms with van der Waals surface area (Å²) in [6, 6.07) is 20.5. The smallest absolute Gasteiger partial charge is 0.261 e. The van der Waals surface area contributed by atoms with E-state index in [9.17, 15) is 13.2 Å². The summed E-state index contributed by atoms with van der Waals surface area (Å²) < 4.78 is 33.2. The number of benzene rings is 3. The number of anilines is 1. The second-order valence-corrected chi connectivity index (χ2v) is 9.15. The van der Waals surface area contributed by atoms with Crippen LogP contribution in [0.2, 0.25) is 5.02 Å². The first-order chi connectivity index (χ1) is 14.7. The molecule has 0 saturated heterocycles. The van der Waals surface area contributed by atoms with E-state index in [0.717, 1.165) is 11.1 Å². The predicted octanol–water partition coefficient (Wildman–Crippen LogP) is 4.49. The van der Waals surface area contributed by atoms with E-state index < -0.39 is 10.0 Å². The molecule has 0 unspecified atom stereocenters. The van der Waals surface area contributed by atoms with Gasteiger partial charge >= 0.3 is 0 Å². The maximum Gasteiger partial charge on any atom is 0.261 e. The fourth-order valence-electron chi connectivity index (χ4n) is 2.79. The molecule has 0 atom stereocenters. The summed E-state index contributed by atoms with van der Waals surface area (Å²) in [7, 11) is -2.07. The van der Waals surface area contributed by atoms with Crippen LogP contribution < -0.4 is 9.46 Å². The molecule has 1 amide bonds. The summed E-state index contributed by atoms with van der Waals surface area (Å²) in [5.41, 5.74) is 2.26. The number of likely N-dealkylation sites (N-methyl/N-ethyl adjacent to an activating group) is 1. The van der Waals surface area contributed by atoms with Gasteiger partial charge in [-0.3, -0.25) is 9.52 Å². The highest BCUT2D eigenvalue weighted by Crippen LogP contribution is 2.23. The number of hydrogen-bond donors (Lipinski definition) is 1. The van der Waals surface area contributed by atoms with E-state index in [1.54, 1.807) is 30.1 Å². The molecule has 0 bridgehead atoms. The van der Waals surface area contributed by atoms with Gasteiger partial charge in [0.2, 0.25) is 0 Å². The molecule has 0 radical (unpaired) electrons. The van der Waals surface area contributed by atoms with Gasteiger partial charge in [0.1, 0.15) is 5.75 Å². The Morgan fingerprint density at radius 2 is 1.71 bits per heavy atom. The third-order valence-corrected chi connectivity index (χ3v) is 6.41. The zero-order valence-corrected chi connectivity index (χ0v) is 18.8. The van der Waals surface area contributed by atoms with E-state index >= 15 is 0 Å². The Balaban J connectivity index is 1.57. The van der Waals surface area contributed by atoms with Gasteiger partial charge in [-0.25, -0.2) is 8.42 Å². The molecule has 31 heavy (non-hydrogen) atoms. The highest BCUT2D eigenvalue weighted by molar-refractivity contribution is 7.92. The van der Waals surface area contributed by atoms with Crippen molar-refractivity contribution >= 4 is 33.2 Å². The van der Waals surface area contributed by atoms with Gasteiger partial charge < -0.3 is 9.64 Å². The van der Waals surface area contributed by atoms with Crippen LogP contribution in [0.4, 0.5) is 5.69 Å². The summed E-state index contributed by atoms with van der Waals surface area (Å²) in [4.78, 5) is 13.9. The van der Waals surface area contributed by atoms with Gasteiger partial charge in [0.15, 0.2) is 6.61 Å². The average Bonchev–Trinajstić information content (AvgIpc) is 2.75. The molecule has 0 aliphatic carbocycles. The molecular weight excluding hydrogens is 436 g/mol. The molecule has 0 aliphatic heterocycles. The van der Waals surface area contributed by atoms with Crippen molar-refractivity contribution in [1.82, 2.24) is 4.90 Å². The lowest BCUT2D eigenvalue weighted by Gasteiger charge is -2.17. The molecule has 0 aliphatic rings. The number of carbonyl (C=O) groups is 1. The van der Waals surface area contributed by atoms with Gasteiger partial charge in [-0.15, -0.1) is 0 Å². The van der Waals surface area contributed by atoms with E-state index in [0.29, 0.717) is 23.0 Å². The van der Waals surface area contributed by atoms with Crippen LogP contribution in [0.25, 0.3) is 0 Å². The molecule has 1 N–H and O–H groups in total. The lowest BCUT2D eigenvalue weighted by molar-refractivity contribution is -0.132. The number of hydrogen-bond acceptors (Lipinski definition) is 4. The van der Waals surface area contributed by atoms with Crippen molar-refractivity contribution in [2.45, 2.75) is 18.4 Å². The Kier molecular flexibility index (Phi) is 7.20. The Labute approximate surface area is 187 Å². The second-order valence-electron chi connectivity index (χ2n) is 7.06. The Hall–Kier alpha value is -3.03. The number of rotatable bonds is 8. The van der Waals surface area contributed by atoms with E-state index in [2.05, 4.69) is 4.72 Å². The molecule has 0 aromatic heterocycles. The molecule has 162 valence electrons. The Bertz CT molecular complexity index is 1150. The third-order valence-electron chi connectivity index (χ3n) is 4.61. The van der Waals surface area contributed by atoms with Crippen molar-refractivity contribution in [3.8, 4) is 5.75 Å². The van der Waals surface area contributed by atoms with E-state index in [4.69, 9.17) is 16.3 Å². The maximum absolute atomic E-state index is 12.6. The SMILES string of the molecule is Cc1ccc(NS(=O)(=O)c2ccc(OCC(=O)N(C)Cc3ccccc3)cc2)cc1Cl. The molecule has 3 aromatic carbocycles. The van der Waals surface area contributed by atoms with Gasteiger partial charge in [-0.05, 0) is 54.4 Å². The molecule has 0 fully saturated rings. The number of aryl methyl sites for hydroxylation is 1. The third kappa shape index (κ3) is 6.23. The molecule has 0 spiro atoms. The number of nitrogens with one attached hydrogen (secondary N) is 1. The summed E-state index contributed by atoms with van der Waals surface area (Å²) in [6.07, 6.45) is 0. The second kappa shape index (κ2) is 9.85. The van der Waals surface area contributed by atoms with Crippen LogP contribution in [0, 0.1) is 6.92 Å². The van der Waals surface area contributed by atoms with Gasteiger partial charge in [0.05, 0.1) is 10.6 Å². The van der Waals surface area contributed by atoms with Crippen molar-refractivity contribution in [2.75, 3.05) is 18.4 Å². The highest BCUT2D eigenvalue weighted by Gasteiger charge is 2.15. The quantitative estimate of drug-likeness (QED) is 0.539. The average molecular weight is 459 g/mol. The highest BCUT2D eigenvalue weighted by atomic mass is 35.5. The monoisotopic (exact) mass is 458 g/mol. The first kappa shape index (κ1) is 22.7. The lowest BCUT2D eigenvalue weighted by atomic mass is 10.2. The first-order valence-corrected chi connectivity index (χ1v) is 11.4. The number of sulfonamides is 1. The summed E-state index contributed by atoms with van der Waals surface area (Å²) in [6.45, 7) is 2.17. The normalized spacial score (nSPS) is 11.1. The van der Waals surface area contributed by atoms with Crippen LogP contribution in [0.1, 0.15) is 11.1 Å². The Morgan fingerprint density at radius 1 is 1.03 bits per heavy atom. The minimum Gasteiger partial charge on any atom is -0.484 e. The van der Waals surface area contributed by atoms with Crippen molar-refractivity contribution in [3.05, 3.63) is 88.9 Å². The summed E-state index contributed by atoms with van der Waals surface area (Å²) >= 11 is 6.05. The van der Waals surface area contributed by atoms with Crippen molar-refractivity contribution in [3.63, 3.8) is 0 Å². The maximum atomic E-state index is 12.6.